The maximum Gasteiger partial charge on any atom is 0.269 e. The van der Waals surface area contributed by atoms with Gasteiger partial charge in [0.1, 0.15) is 11.6 Å². The number of hydrogen-bond acceptors (Lipinski definition) is 5. The van der Waals surface area contributed by atoms with Crippen LogP contribution in [-0.4, -0.2) is 38.0 Å². The van der Waals surface area contributed by atoms with E-state index in [9.17, 15) is 23.2 Å². The molecule has 0 saturated carbocycles. The molecule has 0 unspecified atom stereocenters. The Morgan fingerprint density at radius 1 is 0.967 bits per heavy atom. The van der Waals surface area contributed by atoms with Crippen LogP contribution in [0.3, 0.4) is 0 Å². The second-order valence-corrected chi connectivity index (χ2v) is 6.02. The lowest BCUT2D eigenvalue weighted by atomic mass is 10.2. The van der Waals surface area contributed by atoms with Gasteiger partial charge in [-0.15, -0.1) is 0 Å². The van der Waals surface area contributed by atoms with Crippen LogP contribution in [0.25, 0.3) is 0 Å². The fraction of sp³-hybridized carbons (Fsp3) is 0.250. The lowest BCUT2D eigenvalue weighted by Gasteiger charge is -2.12. The molecule has 2 aromatic rings. The van der Waals surface area contributed by atoms with Gasteiger partial charge in [0.15, 0.2) is 11.5 Å². The molecule has 30 heavy (non-hydrogen) atoms. The summed E-state index contributed by atoms with van der Waals surface area (Å²) < 4.78 is 37.1. The molecule has 0 radical (unpaired) electrons. The van der Waals surface area contributed by atoms with E-state index < -0.39 is 41.5 Å². The van der Waals surface area contributed by atoms with Crippen molar-refractivity contribution in [3.8, 4) is 11.5 Å². The Morgan fingerprint density at radius 2 is 1.73 bits per heavy atom. The molecule has 160 valence electrons. The molecular formula is C20H21F2N3O5. The number of methoxy groups -OCH3 is 1. The van der Waals surface area contributed by atoms with Crippen LogP contribution in [0.15, 0.2) is 36.4 Å². The molecular weight excluding hydrogens is 400 g/mol. The van der Waals surface area contributed by atoms with Gasteiger partial charge in [0.25, 0.3) is 17.7 Å². The Hall–Kier alpha value is -3.69. The van der Waals surface area contributed by atoms with Crippen molar-refractivity contribution in [2.75, 3.05) is 20.3 Å². The van der Waals surface area contributed by atoms with E-state index in [0.29, 0.717) is 24.2 Å². The lowest BCUT2D eigenvalue weighted by Crippen LogP contribution is -2.46. The maximum absolute atomic E-state index is 13.5. The number of benzene rings is 2. The summed E-state index contributed by atoms with van der Waals surface area (Å²) in [5.74, 6) is -3.32. The van der Waals surface area contributed by atoms with Gasteiger partial charge < -0.3 is 14.8 Å². The molecule has 0 heterocycles. The fourth-order valence-corrected chi connectivity index (χ4v) is 2.31. The minimum Gasteiger partial charge on any atom is -0.493 e. The zero-order chi connectivity index (χ0) is 22.1. The molecule has 0 atom stereocenters. The van der Waals surface area contributed by atoms with Crippen LogP contribution in [0, 0.1) is 11.6 Å². The van der Waals surface area contributed by atoms with Crippen LogP contribution in [-0.2, 0) is 4.79 Å². The largest absolute Gasteiger partial charge is 0.493 e. The fourth-order valence-electron chi connectivity index (χ4n) is 2.31. The molecule has 10 heteroatoms. The van der Waals surface area contributed by atoms with Crippen molar-refractivity contribution in [1.29, 1.82) is 0 Å². The molecule has 3 amide bonds. The zero-order valence-electron chi connectivity index (χ0n) is 16.4. The number of hydrazine groups is 1. The predicted octanol–water partition coefficient (Wildman–Crippen LogP) is 1.95. The third-order valence-electron chi connectivity index (χ3n) is 3.79. The van der Waals surface area contributed by atoms with E-state index in [-0.39, 0.29) is 5.56 Å². The summed E-state index contributed by atoms with van der Waals surface area (Å²) in [7, 11) is 1.43. The summed E-state index contributed by atoms with van der Waals surface area (Å²) in [4.78, 5) is 35.8. The molecule has 2 aromatic carbocycles. The van der Waals surface area contributed by atoms with Crippen molar-refractivity contribution in [3.05, 3.63) is 59.2 Å². The minimum absolute atomic E-state index is 0.202. The highest BCUT2D eigenvalue weighted by atomic mass is 19.1. The van der Waals surface area contributed by atoms with Crippen molar-refractivity contribution >= 4 is 17.7 Å². The second-order valence-electron chi connectivity index (χ2n) is 6.02. The highest BCUT2D eigenvalue weighted by Crippen LogP contribution is 2.28. The monoisotopic (exact) mass is 421 g/mol. The summed E-state index contributed by atoms with van der Waals surface area (Å²) in [5, 5.41) is 2.17. The van der Waals surface area contributed by atoms with Crippen LogP contribution in [0.4, 0.5) is 8.78 Å². The van der Waals surface area contributed by atoms with Crippen molar-refractivity contribution in [3.63, 3.8) is 0 Å². The normalized spacial score (nSPS) is 10.1. The van der Waals surface area contributed by atoms with E-state index in [4.69, 9.17) is 9.47 Å². The molecule has 0 fully saturated rings. The van der Waals surface area contributed by atoms with Gasteiger partial charge in [0.2, 0.25) is 0 Å². The Bertz CT molecular complexity index is 937. The molecule has 0 saturated heterocycles. The average molecular weight is 421 g/mol. The van der Waals surface area contributed by atoms with Crippen molar-refractivity contribution in [2.24, 2.45) is 0 Å². The molecule has 0 aromatic heterocycles. The van der Waals surface area contributed by atoms with Gasteiger partial charge in [-0.25, -0.2) is 8.78 Å². The SMILES string of the molecule is CCCOc1ccc(C(=O)NNC(=O)CNC(=O)c2ccc(F)cc2F)cc1OC. The topological polar surface area (TPSA) is 106 Å². The van der Waals surface area contributed by atoms with E-state index in [1.807, 2.05) is 6.92 Å². The highest BCUT2D eigenvalue weighted by Gasteiger charge is 2.15. The minimum atomic E-state index is -1.05. The van der Waals surface area contributed by atoms with Crippen molar-refractivity contribution in [1.82, 2.24) is 16.2 Å². The lowest BCUT2D eigenvalue weighted by molar-refractivity contribution is -0.120. The van der Waals surface area contributed by atoms with E-state index in [0.717, 1.165) is 18.6 Å². The summed E-state index contributed by atoms with van der Waals surface area (Å²) in [6, 6.07) is 6.95. The predicted molar refractivity (Wildman–Crippen MR) is 103 cm³/mol. The molecule has 3 N–H and O–H groups in total. The number of nitrogens with one attached hydrogen (secondary N) is 3. The van der Waals surface area contributed by atoms with Gasteiger partial charge in [0, 0.05) is 11.6 Å². The number of carbonyl (C=O) groups excluding carboxylic acids is 3. The van der Waals surface area contributed by atoms with Crippen LogP contribution >= 0.6 is 0 Å². The summed E-state index contributed by atoms with van der Waals surface area (Å²) in [6.07, 6.45) is 0.807. The first-order chi connectivity index (χ1) is 14.3. The Labute approximate surface area is 171 Å². The van der Waals surface area contributed by atoms with E-state index in [2.05, 4.69) is 16.2 Å². The Morgan fingerprint density at radius 3 is 2.40 bits per heavy atom. The zero-order valence-corrected chi connectivity index (χ0v) is 16.4. The van der Waals surface area contributed by atoms with E-state index >= 15 is 0 Å². The molecule has 0 aliphatic heterocycles. The molecule has 8 nitrogen and oxygen atoms in total. The first-order valence-electron chi connectivity index (χ1n) is 8.99. The summed E-state index contributed by atoms with van der Waals surface area (Å²) >= 11 is 0. The highest BCUT2D eigenvalue weighted by molar-refractivity contribution is 5.98. The van der Waals surface area contributed by atoms with Gasteiger partial charge in [-0.05, 0) is 36.8 Å². The molecule has 2 rings (SSSR count). The third-order valence-corrected chi connectivity index (χ3v) is 3.79. The number of hydrogen-bond donors (Lipinski definition) is 3. The van der Waals surface area contributed by atoms with Gasteiger partial charge >= 0.3 is 0 Å². The standard InChI is InChI=1S/C20H21F2N3O5/c1-3-8-30-16-7-4-12(9-17(16)29-2)19(27)25-24-18(26)11-23-20(28)14-6-5-13(21)10-15(14)22/h4-7,9-10H,3,8,11H2,1-2H3,(H,23,28)(H,24,26)(H,25,27). The molecule has 0 spiro atoms. The van der Waals surface area contributed by atoms with Crippen LogP contribution in [0.1, 0.15) is 34.1 Å². The van der Waals surface area contributed by atoms with E-state index in [1.165, 1.54) is 19.2 Å². The second kappa shape index (κ2) is 10.7. The average Bonchev–Trinajstić information content (AvgIpc) is 2.74. The number of halogens is 2. The summed E-state index contributed by atoms with van der Waals surface area (Å²) in [6.45, 7) is 1.91. The van der Waals surface area contributed by atoms with Crippen molar-refractivity contribution < 1.29 is 32.6 Å². The maximum atomic E-state index is 13.5. The van der Waals surface area contributed by atoms with Gasteiger partial charge in [-0.1, -0.05) is 6.92 Å². The van der Waals surface area contributed by atoms with E-state index in [1.54, 1.807) is 6.07 Å². The first-order valence-corrected chi connectivity index (χ1v) is 8.99. The Kier molecular flexibility index (Phi) is 8.09. The number of carbonyl (C=O) groups is 3. The first kappa shape index (κ1) is 22.6. The summed E-state index contributed by atoms with van der Waals surface area (Å²) in [5.41, 5.74) is 4.09. The van der Waals surface area contributed by atoms with Gasteiger partial charge in [-0.3, -0.25) is 25.2 Å². The smallest absolute Gasteiger partial charge is 0.269 e. The quantitative estimate of drug-likeness (QED) is 0.565. The number of amides is 3. The van der Waals surface area contributed by atoms with Crippen LogP contribution in [0.5, 0.6) is 11.5 Å². The van der Waals surface area contributed by atoms with Crippen LogP contribution < -0.4 is 25.6 Å². The Balaban J connectivity index is 1.86. The van der Waals surface area contributed by atoms with Gasteiger partial charge in [0.05, 0.1) is 25.8 Å². The number of ether oxygens (including phenoxy) is 2. The van der Waals surface area contributed by atoms with Crippen molar-refractivity contribution in [2.45, 2.75) is 13.3 Å². The van der Waals surface area contributed by atoms with Crippen LogP contribution in [0.2, 0.25) is 0 Å². The molecule has 0 aliphatic carbocycles. The molecule has 0 aliphatic rings. The third kappa shape index (κ3) is 6.16. The van der Waals surface area contributed by atoms with Gasteiger partial charge in [-0.2, -0.15) is 0 Å². The number of rotatable bonds is 8. The molecule has 0 bridgehead atoms.